The first-order valence-corrected chi connectivity index (χ1v) is 9.18. The molecule has 0 bridgehead atoms. The summed E-state index contributed by atoms with van der Waals surface area (Å²) in [5.74, 6) is 0.774. The van der Waals surface area contributed by atoms with E-state index in [1.54, 1.807) is 10.6 Å². The molecule has 1 fully saturated rings. The Hall–Kier alpha value is -2.35. The number of piperidine rings is 1. The Kier molecular flexibility index (Phi) is 6.31. The van der Waals surface area contributed by atoms with Crippen LogP contribution in [0.15, 0.2) is 36.5 Å². The third-order valence-corrected chi connectivity index (χ3v) is 5.20. The summed E-state index contributed by atoms with van der Waals surface area (Å²) >= 11 is 0. The van der Waals surface area contributed by atoms with Crippen LogP contribution >= 0.6 is 24.8 Å². The molecule has 1 N–H and O–H groups in total. The first-order valence-electron chi connectivity index (χ1n) is 9.18. The first-order chi connectivity index (χ1) is 13.2. The fraction of sp³-hybridized carbons (Fsp3) is 0.300. The average molecular weight is 435 g/mol. The third-order valence-electron chi connectivity index (χ3n) is 5.20. The van der Waals surface area contributed by atoms with E-state index in [1.165, 1.54) is 0 Å². The second-order valence-electron chi connectivity index (χ2n) is 7.06. The predicted molar refractivity (Wildman–Crippen MR) is 116 cm³/mol. The van der Waals surface area contributed by atoms with Crippen molar-refractivity contribution in [3.8, 4) is 11.1 Å². The number of hydrogen-bond donors (Lipinski definition) is 1. The molecule has 0 spiro atoms. The Morgan fingerprint density at radius 3 is 2.62 bits per heavy atom. The lowest BCUT2D eigenvalue weighted by atomic mass is 9.93. The van der Waals surface area contributed by atoms with E-state index in [-0.39, 0.29) is 30.6 Å². The van der Waals surface area contributed by atoms with Crippen LogP contribution in [0.2, 0.25) is 0 Å². The zero-order chi connectivity index (χ0) is 18.4. The lowest BCUT2D eigenvalue weighted by Gasteiger charge is -2.21. The summed E-state index contributed by atoms with van der Waals surface area (Å²) in [6.07, 6.45) is 3.88. The van der Waals surface area contributed by atoms with Crippen LogP contribution in [0.5, 0.6) is 0 Å². The van der Waals surface area contributed by atoms with E-state index >= 15 is 0 Å². The van der Waals surface area contributed by atoms with Crippen molar-refractivity contribution >= 4 is 41.4 Å². The number of nitrogens with one attached hydrogen (secondary N) is 1. The van der Waals surface area contributed by atoms with Crippen LogP contribution in [0.25, 0.3) is 27.7 Å². The molecule has 0 aliphatic carbocycles. The van der Waals surface area contributed by atoms with E-state index in [2.05, 4.69) is 25.6 Å². The molecule has 1 saturated heterocycles. The van der Waals surface area contributed by atoms with Crippen molar-refractivity contribution in [1.82, 2.24) is 30.1 Å². The zero-order valence-corrected chi connectivity index (χ0v) is 17.4. The van der Waals surface area contributed by atoms with Gasteiger partial charge in [-0.3, -0.25) is 0 Å². The van der Waals surface area contributed by atoms with Gasteiger partial charge in [0.1, 0.15) is 11.6 Å². The molecule has 29 heavy (non-hydrogen) atoms. The van der Waals surface area contributed by atoms with Gasteiger partial charge in [-0.15, -0.1) is 24.8 Å². The SMILES string of the molecule is Cc1nc2ccc(-c3cc(F)c4cc(C5CCNCC5)nnc4c3)cn2n1.Cl.Cl. The molecule has 3 aromatic heterocycles. The Balaban J connectivity index is 0.00000120. The molecule has 152 valence electrons. The second-order valence-corrected chi connectivity index (χ2v) is 7.06. The number of fused-ring (bicyclic) bond motifs is 2. The maximum Gasteiger partial charge on any atom is 0.155 e. The fourth-order valence-corrected chi connectivity index (χ4v) is 3.77. The van der Waals surface area contributed by atoms with Crippen molar-refractivity contribution in [1.29, 1.82) is 0 Å². The molecule has 0 unspecified atom stereocenters. The van der Waals surface area contributed by atoms with Gasteiger partial charge in [0.05, 0.1) is 11.2 Å². The molecule has 1 aromatic carbocycles. The summed E-state index contributed by atoms with van der Waals surface area (Å²) in [5.41, 5.74) is 3.83. The number of pyridine rings is 1. The number of rotatable bonds is 2. The number of benzene rings is 1. The van der Waals surface area contributed by atoms with Gasteiger partial charge in [0.15, 0.2) is 5.65 Å². The van der Waals surface area contributed by atoms with Crippen LogP contribution in [0, 0.1) is 12.7 Å². The molecule has 1 aliphatic rings. The third kappa shape index (κ3) is 4.03. The van der Waals surface area contributed by atoms with Gasteiger partial charge < -0.3 is 5.32 Å². The van der Waals surface area contributed by atoms with Crippen molar-refractivity contribution in [2.45, 2.75) is 25.7 Å². The summed E-state index contributed by atoms with van der Waals surface area (Å²) < 4.78 is 16.6. The lowest BCUT2D eigenvalue weighted by Crippen LogP contribution is -2.27. The molecule has 4 aromatic rings. The second kappa shape index (κ2) is 8.57. The van der Waals surface area contributed by atoms with Crippen molar-refractivity contribution in [3.63, 3.8) is 0 Å². The zero-order valence-electron chi connectivity index (χ0n) is 15.8. The van der Waals surface area contributed by atoms with Gasteiger partial charge in [0.2, 0.25) is 0 Å². The van der Waals surface area contributed by atoms with Crippen LogP contribution in [0.3, 0.4) is 0 Å². The van der Waals surface area contributed by atoms with Crippen LogP contribution in [0.4, 0.5) is 4.39 Å². The number of halogens is 3. The maximum absolute atomic E-state index is 14.9. The topological polar surface area (TPSA) is 68.0 Å². The highest BCUT2D eigenvalue weighted by Crippen LogP contribution is 2.29. The van der Waals surface area contributed by atoms with Gasteiger partial charge in [-0.05, 0) is 68.8 Å². The molecular weight excluding hydrogens is 414 g/mol. The minimum Gasteiger partial charge on any atom is -0.317 e. The Labute approximate surface area is 179 Å². The van der Waals surface area contributed by atoms with Crippen LogP contribution < -0.4 is 5.32 Å². The van der Waals surface area contributed by atoms with Crippen LogP contribution in [-0.2, 0) is 0 Å². The van der Waals surface area contributed by atoms with Gasteiger partial charge >= 0.3 is 0 Å². The maximum atomic E-state index is 14.9. The average Bonchev–Trinajstić information content (AvgIpc) is 3.07. The van der Waals surface area contributed by atoms with E-state index in [1.807, 2.05) is 37.4 Å². The number of aromatic nitrogens is 5. The molecule has 4 heterocycles. The predicted octanol–water partition coefficient (Wildman–Crippen LogP) is 4.10. The molecule has 6 nitrogen and oxygen atoms in total. The minimum atomic E-state index is -0.276. The quantitative estimate of drug-likeness (QED) is 0.514. The monoisotopic (exact) mass is 434 g/mol. The first kappa shape index (κ1) is 21.4. The van der Waals surface area contributed by atoms with Gasteiger partial charge in [-0.25, -0.2) is 13.9 Å². The Bertz CT molecular complexity index is 1160. The van der Waals surface area contributed by atoms with Crippen LogP contribution in [0.1, 0.15) is 30.3 Å². The molecule has 5 rings (SSSR count). The van der Waals surface area contributed by atoms with E-state index in [4.69, 9.17) is 0 Å². The normalized spacial score (nSPS) is 14.6. The van der Waals surface area contributed by atoms with E-state index in [0.29, 0.717) is 22.6 Å². The fourth-order valence-electron chi connectivity index (χ4n) is 3.77. The molecule has 0 radical (unpaired) electrons. The van der Waals surface area contributed by atoms with Crippen LogP contribution in [-0.4, -0.2) is 37.9 Å². The standard InChI is InChI=1S/C20H19FN6.2ClH/c1-12-23-20-3-2-14(11-27(20)26-12)15-8-17(21)16-10-18(24-25-19(16)9-15)13-4-6-22-7-5-13;;/h2-3,8-11,13,22H,4-7H2,1H3;2*1H. The minimum absolute atomic E-state index is 0. The van der Waals surface area contributed by atoms with Crippen molar-refractivity contribution < 1.29 is 4.39 Å². The number of nitrogens with zero attached hydrogens (tertiary/aromatic N) is 5. The van der Waals surface area contributed by atoms with Crippen molar-refractivity contribution in [3.05, 3.63) is 53.9 Å². The molecule has 9 heteroatoms. The largest absolute Gasteiger partial charge is 0.317 e. The molecule has 0 saturated carbocycles. The highest BCUT2D eigenvalue weighted by Gasteiger charge is 2.18. The molecule has 1 aliphatic heterocycles. The lowest BCUT2D eigenvalue weighted by molar-refractivity contribution is 0.451. The Morgan fingerprint density at radius 2 is 1.83 bits per heavy atom. The van der Waals surface area contributed by atoms with Gasteiger partial charge in [-0.2, -0.15) is 15.3 Å². The molecule has 0 amide bonds. The summed E-state index contributed by atoms with van der Waals surface area (Å²) in [6, 6.07) is 9.09. The summed E-state index contributed by atoms with van der Waals surface area (Å²) in [4.78, 5) is 4.32. The van der Waals surface area contributed by atoms with Crippen molar-refractivity contribution in [2.75, 3.05) is 13.1 Å². The van der Waals surface area contributed by atoms with Crippen molar-refractivity contribution in [2.24, 2.45) is 0 Å². The molecular formula is C20H21Cl2FN6. The van der Waals surface area contributed by atoms with E-state index < -0.39 is 0 Å². The van der Waals surface area contributed by atoms with E-state index in [0.717, 1.165) is 48.4 Å². The summed E-state index contributed by atoms with van der Waals surface area (Å²) in [7, 11) is 0. The summed E-state index contributed by atoms with van der Waals surface area (Å²) in [6.45, 7) is 3.78. The highest BCUT2D eigenvalue weighted by atomic mass is 35.5. The number of hydrogen-bond acceptors (Lipinski definition) is 5. The van der Waals surface area contributed by atoms with Gasteiger partial charge in [-0.1, -0.05) is 0 Å². The van der Waals surface area contributed by atoms with Gasteiger partial charge in [0, 0.05) is 23.1 Å². The highest BCUT2D eigenvalue weighted by molar-refractivity contribution is 5.86. The number of aryl methyl sites for hydroxylation is 1. The Morgan fingerprint density at radius 1 is 1.03 bits per heavy atom. The molecule has 0 atom stereocenters. The van der Waals surface area contributed by atoms with Gasteiger partial charge in [0.25, 0.3) is 0 Å². The smallest absolute Gasteiger partial charge is 0.155 e. The van der Waals surface area contributed by atoms with E-state index in [9.17, 15) is 4.39 Å². The summed E-state index contributed by atoms with van der Waals surface area (Å²) in [5, 5.41) is 16.9.